The molecule has 3 aromatic heterocycles. The van der Waals surface area contributed by atoms with Crippen molar-refractivity contribution in [2.24, 2.45) is 5.92 Å². The van der Waals surface area contributed by atoms with Crippen LogP contribution in [-0.4, -0.2) is 45.1 Å². The second-order valence-corrected chi connectivity index (χ2v) is 12.4. The van der Waals surface area contributed by atoms with Crippen molar-refractivity contribution in [1.82, 2.24) is 24.9 Å². The van der Waals surface area contributed by atoms with Crippen LogP contribution in [0, 0.1) is 11.7 Å². The fourth-order valence-electron chi connectivity index (χ4n) is 4.53. The maximum absolute atomic E-state index is 14.7. The number of hydrogen-bond acceptors (Lipinski definition) is 8. The van der Waals surface area contributed by atoms with Crippen LogP contribution in [0.3, 0.4) is 0 Å². The number of allylic oxidation sites excluding steroid dienone is 4. The lowest BCUT2D eigenvalue weighted by molar-refractivity contribution is 0.0633. The van der Waals surface area contributed by atoms with Crippen molar-refractivity contribution in [2.75, 3.05) is 14.2 Å². The second-order valence-electron chi connectivity index (χ2n) is 12.4. The van der Waals surface area contributed by atoms with E-state index in [1.54, 1.807) is 20.2 Å². The van der Waals surface area contributed by atoms with E-state index in [1.165, 1.54) is 58.0 Å². The van der Waals surface area contributed by atoms with Gasteiger partial charge in [0.2, 0.25) is 5.88 Å². The van der Waals surface area contributed by atoms with Crippen LogP contribution < -0.4 is 14.2 Å². The number of methoxy groups -OCH3 is 2. The van der Waals surface area contributed by atoms with E-state index in [1.807, 2.05) is 48.5 Å². The summed E-state index contributed by atoms with van der Waals surface area (Å²) in [5, 5.41) is 0. The largest absolute Gasteiger partial charge is 0.490 e. The molecule has 1 saturated carbocycles. The number of hydrogen-bond donors (Lipinski definition) is 0. The predicted molar refractivity (Wildman–Crippen MR) is 212 cm³/mol. The average molecular weight is 746 g/mol. The van der Waals surface area contributed by atoms with E-state index in [0.717, 1.165) is 48.9 Å². The van der Waals surface area contributed by atoms with Crippen LogP contribution in [0.1, 0.15) is 151 Å². The highest BCUT2D eigenvalue weighted by Gasteiger charge is 2.31. The molecular weight excluding hydrogens is 679 g/mol. The first-order valence-electron chi connectivity index (χ1n) is 19.0. The molecule has 0 aromatic carbocycles. The molecule has 8 nitrogen and oxygen atoms in total. The quantitative estimate of drug-likeness (QED) is 0.160. The Hall–Kier alpha value is -4.02. The van der Waals surface area contributed by atoms with Crippen molar-refractivity contribution in [1.29, 1.82) is 0 Å². The van der Waals surface area contributed by atoms with Gasteiger partial charge in [0.1, 0.15) is 30.0 Å². The summed E-state index contributed by atoms with van der Waals surface area (Å²) in [6, 6.07) is 1.43. The first-order valence-corrected chi connectivity index (χ1v) is 19.0. The fraction of sp³-hybridized carbons (Fsp3) is 0.595. The van der Waals surface area contributed by atoms with Gasteiger partial charge in [-0.05, 0) is 70.1 Å². The van der Waals surface area contributed by atoms with E-state index >= 15 is 0 Å². The molecule has 298 valence electrons. The Bertz CT molecular complexity index is 1550. The van der Waals surface area contributed by atoms with Crippen LogP contribution in [0.4, 0.5) is 13.2 Å². The molecule has 3 heterocycles. The summed E-state index contributed by atoms with van der Waals surface area (Å²) >= 11 is 0. The smallest absolute Gasteiger partial charge is 0.266 e. The molecule has 11 heteroatoms. The third kappa shape index (κ3) is 16.3. The molecule has 0 radical (unpaired) electrons. The fourth-order valence-corrected chi connectivity index (χ4v) is 4.53. The molecule has 1 unspecified atom stereocenters. The van der Waals surface area contributed by atoms with Crippen LogP contribution >= 0.6 is 0 Å². The molecule has 1 aliphatic carbocycles. The van der Waals surface area contributed by atoms with E-state index in [-0.39, 0.29) is 23.9 Å². The summed E-state index contributed by atoms with van der Waals surface area (Å²) in [7, 11) is 3.06. The normalized spacial score (nSPS) is 13.2. The van der Waals surface area contributed by atoms with Crippen molar-refractivity contribution in [2.45, 2.75) is 147 Å². The van der Waals surface area contributed by atoms with Gasteiger partial charge in [-0.15, -0.1) is 0 Å². The minimum atomic E-state index is -2.63. The first-order chi connectivity index (χ1) is 25.2. The number of alkyl halides is 2. The zero-order valence-corrected chi connectivity index (χ0v) is 35.1. The predicted octanol–water partition coefficient (Wildman–Crippen LogP) is 12.6. The molecule has 1 atom stereocenters. The molecule has 4 rings (SSSR count). The van der Waals surface area contributed by atoms with Gasteiger partial charge < -0.3 is 14.2 Å². The monoisotopic (exact) mass is 746 g/mol. The second kappa shape index (κ2) is 25.9. The van der Waals surface area contributed by atoms with Crippen molar-refractivity contribution in [3.63, 3.8) is 0 Å². The van der Waals surface area contributed by atoms with Gasteiger partial charge in [-0.3, -0.25) is 4.98 Å². The minimum absolute atomic E-state index is 0.0600. The number of pyridine rings is 1. The zero-order valence-electron chi connectivity index (χ0n) is 35.1. The van der Waals surface area contributed by atoms with E-state index < -0.39 is 5.92 Å². The Morgan fingerprint density at radius 2 is 1.58 bits per heavy atom. The lowest BCUT2D eigenvalue weighted by atomic mass is 10.0. The molecule has 1 fully saturated rings. The van der Waals surface area contributed by atoms with Gasteiger partial charge in [0.15, 0.2) is 11.6 Å². The SMILES string of the molecule is C/C=C(\C)C(C)(F)F.CC.CC.CCC(C)=C(C)c1ncc(COc2nc(-c3c(OC)ncnc3C3CC3)ncc2OC)cc1F.CCCC(C)CC. The van der Waals surface area contributed by atoms with E-state index in [2.05, 4.69) is 45.7 Å². The Morgan fingerprint density at radius 1 is 0.943 bits per heavy atom. The third-order valence-electron chi connectivity index (χ3n) is 8.57. The van der Waals surface area contributed by atoms with Crippen molar-refractivity contribution in [3.05, 3.63) is 64.8 Å². The standard InChI is InChI=1S/C25H28FN5O3.C7H16.C6H10F2.2C2H6/c1-6-14(2)15(3)21-18(26)9-16(10-27-21)12-34-24-19(32-4)11-28-23(31-24)20-22(17-7-8-17)29-13-30-25(20)33-5;1-4-6-7(3)5-2;1-4-5(2)6(3,7)8;2*1-2/h9-11,13,17H,6-8,12H2,1-5H3;7H,4-6H2,1-3H3;4H,1-3H3;2*1-2H3/b;;5-4+;;. The molecule has 0 amide bonds. The number of rotatable bonds is 13. The maximum Gasteiger partial charge on any atom is 0.266 e. The molecular formula is C42H66F3N5O3. The van der Waals surface area contributed by atoms with Crippen molar-refractivity contribution in [3.8, 4) is 28.9 Å². The van der Waals surface area contributed by atoms with Crippen LogP contribution in [0.25, 0.3) is 17.0 Å². The molecule has 0 spiro atoms. The highest BCUT2D eigenvalue weighted by atomic mass is 19.3. The average Bonchev–Trinajstić information content (AvgIpc) is 4.03. The lowest BCUT2D eigenvalue weighted by Gasteiger charge is -2.14. The Labute approximate surface area is 318 Å². The van der Waals surface area contributed by atoms with Gasteiger partial charge >= 0.3 is 0 Å². The number of halogens is 3. The number of aromatic nitrogens is 5. The molecule has 0 aliphatic heterocycles. The molecule has 0 N–H and O–H groups in total. The molecule has 0 saturated heterocycles. The van der Waals surface area contributed by atoms with E-state index in [0.29, 0.717) is 40.2 Å². The summed E-state index contributed by atoms with van der Waals surface area (Å²) in [5.74, 6) is -0.367. The Morgan fingerprint density at radius 3 is 2.02 bits per heavy atom. The van der Waals surface area contributed by atoms with Crippen molar-refractivity contribution < 1.29 is 27.4 Å². The summed E-state index contributed by atoms with van der Waals surface area (Å²) in [4.78, 5) is 22.0. The van der Waals surface area contributed by atoms with Crippen LogP contribution in [0.5, 0.6) is 17.5 Å². The van der Waals surface area contributed by atoms with Crippen molar-refractivity contribution >= 4 is 5.57 Å². The van der Waals surface area contributed by atoms with Gasteiger partial charge in [0.05, 0.1) is 26.1 Å². The highest BCUT2D eigenvalue weighted by molar-refractivity contribution is 5.67. The highest BCUT2D eigenvalue weighted by Crippen LogP contribution is 2.45. The van der Waals surface area contributed by atoms with Gasteiger partial charge in [0.25, 0.3) is 11.8 Å². The number of nitrogens with zero attached hydrogens (tertiary/aromatic N) is 5. The molecule has 53 heavy (non-hydrogen) atoms. The maximum atomic E-state index is 14.7. The summed E-state index contributed by atoms with van der Waals surface area (Å²) in [6.45, 7) is 24.7. The van der Waals surface area contributed by atoms with Gasteiger partial charge in [-0.25, -0.2) is 28.1 Å². The van der Waals surface area contributed by atoms with E-state index in [4.69, 9.17) is 14.2 Å². The lowest BCUT2D eigenvalue weighted by Crippen LogP contribution is -2.10. The Kier molecular flexibility index (Phi) is 23.9. The van der Waals surface area contributed by atoms with Crippen LogP contribution in [0.2, 0.25) is 0 Å². The molecule has 1 aliphatic rings. The third-order valence-corrected chi connectivity index (χ3v) is 8.57. The summed E-state index contributed by atoms with van der Waals surface area (Å²) < 4.78 is 55.6. The van der Waals surface area contributed by atoms with Gasteiger partial charge in [0, 0.05) is 24.6 Å². The zero-order chi connectivity index (χ0) is 40.7. The Balaban J connectivity index is 0.00000118. The minimum Gasteiger partial charge on any atom is -0.490 e. The van der Waals surface area contributed by atoms with E-state index in [9.17, 15) is 13.2 Å². The number of ether oxygens (including phenoxy) is 3. The topological polar surface area (TPSA) is 92.1 Å². The summed E-state index contributed by atoms with van der Waals surface area (Å²) in [6.07, 6.45) is 13.1. The van der Waals surface area contributed by atoms with Gasteiger partial charge in [-0.1, -0.05) is 86.3 Å². The molecule has 3 aromatic rings. The summed E-state index contributed by atoms with van der Waals surface area (Å²) in [5.41, 5.74) is 4.50. The molecule has 0 bridgehead atoms. The van der Waals surface area contributed by atoms with Crippen LogP contribution in [-0.2, 0) is 6.61 Å². The van der Waals surface area contributed by atoms with Crippen LogP contribution in [0.15, 0.2) is 42.0 Å². The first kappa shape index (κ1) is 49.0. The van der Waals surface area contributed by atoms with Gasteiger partial charge in [-0.2, -0.15) is 4.98 Å².